The average molecular weight is 280 g/mol. The fourth-order valence-corrected chi connectivity index (χ4v) is 1.81. The van der Waals surface area contributed by atoms with E-state index < -0.39 is 0 Å². The first kappa shape index (κ1) is 16.3. The summed E-state index contributed by atoms with van der Waals surface area (Å²) in [4.78, 5) is 5.90. The number of guanidine groups is 1. The van der Waals surface area contributed by atoms with Crippen LogP contribution in [0.2, 0.25) is 0 Å². The summed E-state index contributed by atoms with van der Waals surface area (Å²) in [5.74, 6) is 0.541. The predicted molar refractivity (Wildman–Crippen MR) is 83.8 cm³/mol. The van der Waals surface area contributed by atoms with Gasteiger partial charge in [-0.05, 0) is 24.1 Å². The molecule has 0 amide bonds. The van der Waals surface area contributed by atoms with Crippen molar-refractivity contribution in [1.82, 2.24) is 10.6 Å². The van der Waals surface area contributed by atoms with Gasteiger partial charge in [-0.15, -0.1) is 0 Å². The minimum absolute atomic E-state index is 0.205. The Hall–Kier alpha value is -1.78. The van der Waals surface area contributed by atoms with E-state index in [4.69, 9.17) is 0 Å². The van der Waals surface area contributed by atoms with Crippen LogP contribution in [0.3, 0.4) is 0 Å². The highest BCUT2D eigenvalue weighted by Gasteiger charge is 2.05. The molecule has 1 aromatic rings. The number of hydrogen-bond acceptors (Lipinski definition) is 2. The second-order valence-corrected chi connectivity index (χ2v) is 4.89. The molecule has 0 aliphatic rings. The Balaban J connectivity index is 2.54. The monoisotopic (exact) mass is 280 g/mol. The predicted octanol–water partition coefficient (Wildman–Crippen LogP) is 2.36. The molecule has 0 unspecified atom stereocenters. The lowest BCUT2D eigenvalue weighted by molar-refractivity contribution is 0.622. The first-order valence-electron chi connectivity index (χ1n) is 6.98. The van der Waals surface area contributed by atoms with E-state index in [2.05, 4.69) is 22.5 Å². The Morgan fingerprint density at radius 3 is 2.60 bits per heavy atom. The second kappa shape index (κ2) is 8.40. The van der Waals surface area contributed by atoms with Gasteiger partial charge in [0.2, 0.25) is 0 Å². The lowest BCUT2D eigenvalue weighted by atomic mass is 10.2. The highest BCUT2D eigenvalue weighted by molar-refractivity contribution is 5.79. The van der Waals surface area contributed by atoms with Gasteiger partial charge in [0.25, 0.3) is 0 Å². The van der Waals surface area contributed by atoms with Gasteiger partial charge in [0.15, 0.2) is 5.96 Å². The molecule has 0 saturated heterocycles. The van der Waals surface area contributed by atoms with E-state index >= 15 is 0 Å². The van der Waals surface area contributed by atoms with Gasteiger partial charge in [0.05, 0.1) is 5.69 Å². The van der Waals surface area contributed by atoms with Crippen molar-refractivity contribution in [2.24, 2.45) is 4.99 Å². The molecule has 4 nitrogen and oxygen atoms in total. The zero-order chi connectivity index (χ0) is 15.0. The van der Waals surface area contributed by atoms with Crippen LogP contribution in [0.5, 0.6) is 0 Å². The standard InChI is InChI=1S/C15H25FN4/c1-5-6-9-18-15(17-2)19-11-12-7-8-14(20(3)4)13(16)10-12/h7-8,10H,5-6,9,11H2,1-4H3,(H2,17,18,19). The fourth-order valence-electron chi connectivity index (χ4n) is 1.81. The molecule has 112 valence electrons. The zero-order valence-electron chi connectivity index (χ0n) is 12.8. The van der Waals surface area contributed by atoms with Crippen molar-refractivity contribution >= 4 is 11.6 Å². The summed E-state index contributed by atoms with van der Waals surface area (Å²) >= 11 is 0. The lowest BCUT2D eigenvalue weighted by Crippen LogP contribution is -2.37. The van der Waals surface area contributed by atoms with Gasteiger partial charge in [-0.3, -0.25) is 4.99 Å². The van der Waals surface area contributed by atoms with E-state index in [-0.39, 0.29) is 5.82 Å². The zero-order valence-corrected chi connectivity index (χ0v) is 12.8. The first-order valence-corrected chi connectivity index (χ1v) is 6.98. The number of nitrogens with zero attached hydrogens (tertiary/aromatic N) is 2. The van der Waals surface area contributed by atoms with Crippen LogP contribution >= 0.6 is 0 Å². The molecule has 0 bridgehead atoms. The molecule has 20 heavy (non-hydrogen) atoms. The summed E-state index contributed by atoms with van der Waals surface area (Å²) in [5, 5.41) is 6.40. The first-order chi connectivity index (χ1) is 9.58. The molecule has 5 heteroatoms. The molecule has 0 heterocycles. The Morgan fingerprint density at radius 1 is 1.30 bits per heavy atom. The molecule has 0 atom stereocenters. The molecule has 0 aromatic heterocycles. The van der Waals surface area contributed by atoms with Gasteiger partial charge in [0.1, 0.15) is 5.82 Å². The molecular formula is C15H25FN4. The smallest absolute Gasteiger partial charge is 0.191 e. The Kier molecular flexibility index (Phi) is 6.84. The summed E-state index contributed by atoms with van der Waals surface area (Å²) in [6, 6.07) is 5.27. The van der Waals surface area contributed by atoms with E-state index in [9.17, 15) is 4.39 Å². The van der Waals surface area contributed by atoms with Gasteiger partial charge in [-0.25, -0.2) is 4.39 Å². The topological polar surface area (TPSA) is 39.7 Å². The highest BCUT2D eigenvalue weighted by atomic mass is 19.1. The average Bonchev–Trinajstić information content (AvgIpc) is 2.42. The molecule has 0 aliphatic heterocycles. The maximum absolute atomic E-state index is 13.8. The lowest BCUT2D eigenvalue weighted by Gasteiger charge is -2.15. The molecule has 0 spiro atoms. The molecule has 1 aromatic carbocycles. The van der Waals surface area contributed by atoms with Crippen molar-refractivity contribution in [3.8, 4) is 0 Å². The Morgan fingerprint density at radius 2 is 2.05 bits per heavy atom. The SMILES string of the molecule is CCCCNC(=NC)NCc1ccc(N(C)C)c(F)c1. The van der Waals surface area contributed by atoms with Crippen molar-refractivity contribution in [2.45, 2.75) is 26.3 Å². The van der Waals surface area contributed by atoms with E-state index in [1.54, 1.807) is 24.1 Å². The Bertz CT molecular complexity index is 443. The summed E-state index contributed by atoms with van der Waals surface area (Å²) in [5.41, 5.74) is 1.49. The van der Waals surface area contributed by atoms with Gasteiger partial charge in [-0.2, -0.15) is 0 Å². The normalized spacial score (nSPS) is 11.3. The maximum Gasteiger partial charge on any atom is 0.191 e. The van der Waals surface area contributed by atoms with Gasteiger partial charge in [-0.1, -0.05) is 19.4 Å². The largest absolute Gasteiger partial charge is 0.375 e. The number of aliphatic imine (C=N–C) groups is 1. The maximum atomic E-state index is 13.8. The molecule has 1 rings (SSSR count). The number of halogens is 1. The van der Waals surface area contributed by atoms with Crippen LogP contribution in [0.15, 0.2) is 23.2 Å². The third-order valence-corrected chi connectivity index (χ3v) is 3.00. The summed E-state index contributed by atoms with van der Waals surface area (Å²) in [6.07, 6.45) is 2.24. The second-order valence-electron chi connectivity index (χ2n) is 4.89. The number of benzene rings is 1. The summed E-state index contributed by atoms with van der Waals surface area (Å²) in [6.45, 7) is 3.59. The number of anilines is 1. The van der Waals surface area contributed by atoms with Crippen molar-refractivity contribution in [2.75, 3.05) is 32.6 Å². The van der Waals surface area contributed by atoms with Gasteiger partial charge < -0.3 is 15.5 Å². The summed E-state index contributed by atoms with van der Waals surface area (Å²) in [7, 11) is 5.39. The van der Waals surface area contributed by atoms with E-state index in [0.29, 0.717) is 12.2 Å². The van der Waals surface area contributed by atoms with E-state index in [0.717, 1.165) is 30.9 Å². The van der Waals surface area contributed by atoms with Crippen molar-refractivity contribution in [1.29, 1.82) is 0 Å². The third-order valence-electron chi connectivity index (χ3n) is 3.00. The molecule has 2 N–H and O–H groups in total. The van der Waals surface area contributed by atoms with E-state index in [1.165, 1.54) is 0 Å². The number of hydrogen-bond donors (Lipinski definition) is 2. The number of nitrogens with one attached hydrogen (secondary N) is 2. The van der Waals surface area contributed by atoms with Crippen molar-refractivity contribution in [3.63, 3.8) is 0 Å². The fraction of sp³-hybridized carbons (Fsp3) is 0.533. The Labute approximate surface area is 121 Å². The quantitative estimate of drug-likeness (QED) is 0.477. The van der Waals surface area contributed by atoms with Crippen LogP contribution in [-0.4, -0.2) is 33.6 Å². The van der Waals surface area contributed by atoms with Crippen molar-refractivity contribution < 1.29 is 4.39 Å². The van der Waals surface area contributed by atoms with Crippen LogP contribution in [0.4, 0.5) is 10.1 Å². The van der Waals surface area contributed by atoms with Crippen LogP contribution in [-0.2, 0) is 6.54 Å². The van der Waals surface area contributed by atoms with Crippen LogP contribution in [0.25, 0.3) is 0 Å². The molecule has 0 saturated carbocycles. The van der Waals surface area contributed by atoms with Crippen LogP contribution in [0, 0.1) is 5.82 Å². The number of rotatable bonds is 6. The molecule has 0 fully saturated rings. The highest BCUT2D eigenvalue weighted by Crippen LogP contribution is 2.18. The van der Waals surface area contributed by atoms with Gasteiger partial charge in [0, 0.05) is 34.2 Å². The molecule has 0 aliphatic carbocycles. The minimum atomic E-state index is -0.205. The van der Waals surface area contributed by atoms with Crippen LogP contribution < -0.4 is 15.5 Å². The van der Waals surface area contributed by atoms with E-state index in [1.807, 2.05) is 20.2 Å². The molecule has 0 radical (unpaired) electrons. The van der Waals surface area contributed by atoms with Crippen LogP contribution in [0.1, 0.15) is 25.3 Å². The summed E-state index contributed by atoms with van der Waals surface area (Å²) < 4.78 is 13.8. The third kappa shape index (κ3) is 5.07. The van der Waals surface area contributed by atoms with Gasteiger partial charge >= 0.3 is 0 Å². The molecular weight excluding hydrogens is 255 g/mol. The number of unbranched alkanes of at least 4 members (excludes halogenated alkanes) is 1. The van der Waals surface area contributed by atoms with Crippen molar-refractivity contribution in [3.05, 3.63) is 29.6 Å². The minimum Gasteiger partial charge on any atom is -0.375 e.